The van der Waals surface area contributed by atoms with E-state index in [9.17, 15) is 4.79 Å². The van der Waals surface area contributed by atoms with Crippen molar-refractivity contribution in [2.75, 3.05) is 12.4 Å². The number of rotatable bonds is 4. The van der Waals surface area contributed by atoms with E-state index < -0.39 is 0 Å². The lowest BCUT2D eigenvalue weighted by Gasteiger charge is -2.10. The zero-order valence-corrected chi connectivity index (χ0v) is 12.7. The molecule has 7 heteroatoms. The maximum atomic E-state index is 12.2. The van der Waals surface area contributed by atoms with E-state index in [1.165, 1.54) is 7.11 Å². The van der Waals surface area contributed by atoms with Crippen molar-refractivity contribution in [3.8, 4) is 5.88 Å². The molecule has 1 heterocycles. The SMILES string of the molecule is COc1ncccc1C(=O)Nc1ccc(C(N)=S)cc1Cl. The van der Waals surface area contributed by atoms with Crippen molar-refractivity contribution in [1.82, 2.24) is 4.98 Å². The number of hydrogen-bond donors (Lipinski definition) is 2. The number of nitrogens with zero attached hydrogens (tertiary/aromatic N) is 1. The van der Waals surface area contributed by atoms with E-state index in [1.54, 1.807) is 36.5 Å². The number of thiocarbonyl (C=S) groups is 1. The van der Waals surface area contributed by atoms with Gasteiger partial charge in [0.25, 0.3) is 5.91 Å². The quantitative estimate of drug-likeness (QED) is 0.846. The number of halogens is 1. The molecule has 0 atom stereocenters. The van der Waals surface area contributed by atoms with Crippen LogP contribution in [0.3, 0.4) is 0 Å². The predicted octanol–water partition coefficient (Wildman–Crippen LogP) is 2.63. The smallest absolute Gasteiger partial charge is 0.261 e. The predicted molar refractivity (Wildman–Crippen MR) is 86.1 cm³/mol. The Kier molecular flexibility index (Phi) is 4.72. The lowest BCUT2D eigenvalue weighted by molar-refractivity contribution is 0.102. The van der Waals surface area contributed by atoms with Crippen LogP contribution < -0.4 is 15.8 Å². The van der Waals surface area contributed by atoms with Crippen molar-refractivity contribution in [2.24, 2.45) is 5.73 Å². The van der Waals surface area contributed by atoms with Gasteiger partial charge in [-0.15, -0.1) is 0 Å². The summed E-state index contributed by atoms with van der Waals surface area (Å²) in [7, 11) is 1.45. The summed E-state index contributed by atoms with van der Waals surface area (Å²) in [6.45, 7) is 0. The Balaban J connectivity index is 2.26. The highest BCUT2D eigenvalue weighted by atomic mass is 35.5. The second kappa shape index (κ2) is 6.51. The number of aromatic nitrogens is 1. The van der Waals surface area contributed by atoms with Gasteiger partial charge >= 0.3 is 0 Å². The second-order valence-corrected chi connectivity index (χ2v) is 4.92. The van der Waals surface area contributed by atoms with Crippen LogP contribution in [0.1, 0.15) is 15.9 Å². The summed E-state index contributed by atoms with van der Waals surface area (Å²) in [5, 5.41) is 3.04. The maximum Gasteiger partial charge on any atom is 0.261 e. The molecule has 0 spiro atoms. The van der Waals surface area contributed by atoms with Crippen LogP contribution in [-0.4, -0.2) is 23.0 Å². The van der Waals surface area contributed by atoms with Gasteiger partial charge in [0.15, 0.2) is 0 Å². The van der Waals surface area contributed by atoms with Crippen molar-refractivity contribution in [2.45, 2.75) is 0 Å². The number of anilines is 1. The fraction of sp³-hybridized carbons (Fsp3) is 0.0714. The van der Waals surface area contributed by atoms with Gasteiger partial charge in [0.05, 0.1) is 17.8 Å². The number of carbonyl (C=O) groups excluding carboxylic acids is 1. The van der Waals surface area contributed by atoms with Crippen LogP contribution in [0.2, 0.25) is 5.02 Å². The summed E-state index contributed by atoms with van der Waals surface area (Å²) >= 11 is 11.0. The number of ether oxygens (including phenoxy) is 1. The number of carbonyl (C=O) groups is 1. The molecule has 21 heavy (non-hydrogen) atoms. The van der Waals surface area contributed by atoms with Gasteiger partial charge in [0.1, 0.15) is 10.6 Å². The maximum absolute atomic E-state index is 12.2. The summed E-state index contributed by atoms with van der Waals surface area (Å²) in [6.07, 6.45) is 1.54. The molecule has 2 aromatic rings. The number of benzene rings is 1. The molecule has 0 aliphatic rings. The second-order valence-electron chi connectivity index (χ2n) is 4.07. The third-order valence-corrected chi connectivity index (χ3v) is 3.26. The normalized spacial score (nSPS) is 10.0. The molecule has 0 fully saturated rings. The molecular formula is C14H12ClN3O2S. The lowest BCUT2D eigenvalue weighted by atomic mass is 10.2. The van der Waals surface area contributed by atoms with Crippen LogP contribution in [0.4, 0.5) is 5.69 Å². The lowest BCUT2D eigenvalue weighted by Crippen LogP contribution is -2.15. The fourth-order valence-corrected chi connectivity index (χ4v) is 2.04. The van der Waals surface area contributed by atoms with Gasteiger partial charge in [0.2, 0.25) is 5.88 Å². The molecular weight excluding hydrogens is 310 g/mol. The molecule has 0 saturated carbocycles. The van der Waals surface area contributed by atoms with Gasteiger partial charge in [-0.2, -0.15) is 0 Å². The van der Waals surface area contributed by atoms with Gasteiger partial charge in [-0.25, -0.2) is 4.98 Å². The largest absolute Gasteiger partial charge is 0.480 e. The highest BCUT2D eigenvalue weighted by Crippen LogP contribution is 2.24. The molecule has 3 N–H and O–H groups in total. The minimum Gasteiger partial charge on any atom is -0.480 e. The van der Waals surface area contributed by atoms with Gasteiger partial charge in [-0.3, -0.25) is 4.79 Å². The van der Waals surface area contributed by atoms with Crippen LogP contribution >= 0.6 is 23.8 Å². The van der Waals surface area contributed by atoms with Crippen molar-refractivity contribution >= 4 is 40.4 Å². The van der Waals surface area contributed by atoms with E-state index >= 15 is 0 Å². The highest BCUT2D eigenvalue weighted by Gasteiger charge is 2.14. The van der Waals surface area contributed by atoms with Crippen LogP contribution in [0.15, 0.2) is 36.5 Å². The van der Waals surface area contributed by atoms with Crippen molar-refractivity contribution in [3.05, 3.63) is 52.7 Å². The number of hydrogen-bond acceptors (Lipinski definition) is 4. The molecule has 2 rings (SSSR count). The van der Waals surface area contributed by atoms with Gasteiger partial charge in [-0.05, 0) is 30.3 Å². The summed E-state index contributed by atoms with van der Waals surface area (Å²) in [5.41, 5.74) is 6.92. The summed E-state index contributed by atoms with van der Waals surface area (Å²) in [5.74, 6) is -0.129. The molecule has 5 nitrogen and oxygen atoms in total. The topological polar surface area (TPSA) is 77.2 Å². The van der Waals surface area contributed by atoms with Gasteiger partial charge < -0.3 is 15.8 Å². The van der Waals surface area contributed by atoms with Crippen molar-refractivity contribution in [3.63, 3.8) is 0 Å². The number of nitrogens with one attached hydrogen (secondary N) is 1. The zero-order valence-electron chi connectivity index (χ0n) is 11.1. The van der Waals surface area contributed by atoms with Gasteiger partial charge in [-0.1, -0.05) is 23.8 Å². The molecule has 0 saturated heterocycles. The molecule has 1 aromatic heterocycles. The first-order chi connectivity index (χ1) is 10.0. The Hall–Kier alpha value is -2.18. The number of amides is 1. The Labute approximate surface area is 132 Å². The van der Waals surface area contributed by atoms with Crippen LogP contribution in [-0.2, 0) is 0 Å². The Morgan fingerprint density at radius 1 is 1.43 bits per heavy atom. The van der Waals surface area contributed by atoms with E-state index in [0.717, 1.165) is 0 Å². The standard InChI is InChI=1S/C14H12ClN3O2S/c1-20-14-9(3-2-6-17-14)13(19)18-11-5-4-8(12(16)21)7-10(11)15/h2-7H,1H3,(H2,16,21)(H,18,19). The number of methoxy groups -OCH3 is 1. The third-order valence-electron chi connectivity index (χ3n) is 2.71. The van der Waals surface area contributed by atoms with Gasteiger partial charge in [0, 0.05) is 11.8 Å². The van der Waals surface area contributed by atoms with E-state index in [4.69, 9.17) is 34.3 Å². The minimum atomic E-state index is -0.370. The molecule has 0 radical (unpaired) electrons. The van der Waals surface area contributed by atoms with Crippen LogP contribution in [0.25, 0.3) is 0 Å². The first kappa shape index (κ1) is 15.2. The van der Waals surface area contributed by atoms with Crippen LogP contribution in [0.5, 0.6) is 5.88 Å². The minimum absolute atomic E-state index is 0.240. The highest BCUT2D eigenvalue weighted by molar-refractivity contribution is 7.80. The first-order valence-corrected chi connectivity index (χ1v) is 6.71. The Bertz CT molecular complexity index is 706. The summed E-state index contributed by atoms with van der Waals surface area (Å²) in [4.78, 5) is 16.4. The third kappa shape index (κ3) is 3.48. The molecule has 0 aliphatic carbocycles. The fourth-order valence-electron chi connectivity index (χ4n) is 1.69. The summed E-state index contributed by atoms with van der Waals surface area (Å²) in [6, 6.07) is 8.18. The molecule has 108 valence electrons. The van der Waals surface area contributed by atoms with Crippen molar-refractivity contribution in [1.29, 1.82) is 0 Å². The van der Waals surface area contributed by atoms with E-state index in [2.05, 4.69) is 10.3 Å². The molecule has 0 unspecified atom stereocenters. The van der Waals surface area contributed by atoms with E-state index in [1.807, 2.05) is 0 Å². The van der Waals surface area contributed by atoms with Crippen molar-refractivity contribution < 1.29 is 9.53 Å². The average Bonchev–Trinajstić information content (AvgIpc) is 2.48. The average molecular weight is 322 g/mol. The first-order valence-electron chi connectivity index (χ1n) is 5.92. The van der Waals surface area contributed by atoms with E-state index in [-0.39, 0.29) is 16.8 Å². The molecule has 1 aromatic carbocycles. The molecule has 1 amide bonds. The Morgan fingerprint density at radius 2 is 2.19 bits per heavy atom. The molecule has 0 bridgehead atoms. The monoisotopic (exact) mass is 321 g/mol. The number of pyridine rings is 1. The molecule has 0 aliphatic heterocycles. The zero-order chi connectivity index (χ0) is 15.4. The number of nitrogens with two attached hydrogens (primary N) is 1. The van der Waals surface area contributed by atoms with E-state index in [0.29, 0.717) is 21.8 Å². The summed E-state index contributed by atoms with van der Waals surface area (Å²) < 4.78 is 5.05. The van der Waals surface area contributed by atoms with Crippen LogP contribution in [0, 0.1) is 0 Å². The Morgan fingerprint density at radius 3 is 2.81 bits per heavy atom.